The zero-order valence-electron chi connectivity index (χ0n) is 18.4. The summed E-state index contributed by atoms with van der Waals surface area (Å²) in [5.41, 5.74) is 5.88. The Morgan fingerprint density at radius 3 is 1.88 bits per heavy atom. The molecule has 0 N–H and O–H groups in total. The first-order valence-electron chi connectivity index (χ1n) is 11.5. The summed E-state index contributed by atoms with van der Waals surface area (Å²) in [7, 11) is 0. The van der Waals surface area contributed by atoms with Gasteiger partial charge in [0.1, 0.15) is 0 Å². The van der Waals surface area contributed by atoms with Gasteiger partial charge in [-0.2, -0.15) is 0 Å². The van der Waals surface area contributed by atoms with Gasteiger partial charge in [-0.05, 0) is 57.6 Å². The Kier molecular flexibility index (Phi) is 4.27. The van der Waals surface area contributed by atoms with Gasteiger partial charge in [0.2, 0.25) is 0 Å². The van der Waals surface area contributed by atoms with E-state index in [1.165, 1.54) is 43.4 Å². The molecule has 0 fully saturated rings. The van der Waals surface area contributed by atoms with Gasteiger partial charge in [0.05, 0.1) is 11.0 Å². The van der Waals surface area contributed by atoms with E-state index in [0.717, 1.165) is 21.8 Å². The summed E-state index contributed by atoms with van der Waals surface area (Å²) in [6, 6.07) is 43.1. The number of hydrogen-bond donors (Lipinski definition) is 0. The molecule has 0 aliphatic rings. The fourth-order valence-corrected chi connectivity index (χ4v) is 5.56. The summed E-state index contributed by atoms with van der Waals surface area (Å²) in [5, 5.41) is 8.42. The van der Waals surface area contributed by atoms with Crippen LogP contribution in [-0.2, 0) is 0 Å². The second-order valence-electron chi connectivity index (χ2n) is 8.73. The van der Waals surface area contributed by atoms with E-state index in [-0.39, 0.29) is 0 Å². The smallest absolute Gasteiger partial charge is 0.0625 e. The Labute approximate surface area is 202 Å². The Balaban J connectivity index is 1.73. The van der Waals surface area contributed by atoms with Crippen molar-refractivity contribution >= 4 is 55.0 Å². The van der Waals surface area contributed by atoms with Gasteiger partial charge in [-0.3, -0.25) is 0 Å². The minimum atomic E-state index is 0.748. The van der Waals surface area contributed by atoms with E-state index in [4.69, 9.17) is 11.6 Å². The molecule has 0 aliphatic heterocycles. The molecule has 7 aromatic rings. The van der Waals surface area contributed by atoms with Crippen LogP contribution in [0.15, 0.2) is 121 Å². The molecule has 1 aromatic heterocycles. The Morgan fingerprint density at radius 1 is 0.471 bits per heavy atom. The van der Waals surface area contributed by atoms with E-state index in [1.54, 1.807) is 0 Å². The van der Waals surface area contributed by atoms with Gasteiger partial charge in [0.25, 0.3) is 0 Å². The van der Waals surface area contributed by atoms with E-state index >= 15 is 0 Å². The summed E-state index contributed by atoms with van der Waals surface area (Å²) >= 11 is 6.33. The standard InChI is InChI=1S/C32H20ClN/c33-23-10-8-9-21(19-23)22-17-18-29-30(20-22)34(24-11-2-1-3-12-24)32-28-16-7-5-14-26(28)25-13-4-6-15-27(25)31(29)32/h1-20H. The molecule has 0 saturated heterocycles. The maximum atomic E-state index is 6.33. The average Bonchev–Trinajstić information content (AvgIpc) is 3.24. The Bertz CT molecular complexity index is 1860. The predicted molar refractivity (Wildman–Crippen MR) is 146 cm³/mol. The average molecular weight is 454 g/mol. The molecule has 0 radical (unpaired) electrons. The number of rotatable bonds is 2. The number of para-hydroxylation sites is 1. The molecular formula is C32H20ClN. The van der Waals surface area contributed by atoms with Gasteiger partial charge in [0.15, 0.2) is 0 Å². The molecule has 0 unspecified atom stereocenters. The monoisotopic (exact) mass is 453 g/mol. The molecule has 1 heterocycles. The van der Waals surface area contributed by atoms with E-state index in [2.05, 4.69) is 108 Å². The van der Waals surface area contributed by atoms with Crippen LogP contribution in [0.2, 0.25) is 5.02 Å². The largest absolute Gasteiger partial charge is 0.309 e. The highest BCUT2D eigenvalue weighted by atomic mass is 35.5. The van der Waals surface area contributed by atoms with Gasteiger partial charge in [-0.25, -0.2) is 0 Å². The minimum Gasteiger partial charge on any atom is -0.309 e. The highest BCUT2D eigenvalue weighted by Crippen LogP contribution is 2.43. The molecule has 160 valence electrons. The lowest BCUT2D eigenvalue weighted by atomic mass is 9.96. The fraction of sp³-hybridized carbons (Fsp3) is 0. The molecule has 7 rings (SSSR count). The van der Waals surface area contributed by atoms with Crippen molar-refractivity contribution in [2.75, 3.05) is 0 Å². The number of benzene rings is 6. The van der Waals surface area contributed by atoms with Crippen LogP contribution in [0.4, 0.5) is 0 Å². The van der Waals surface area contributed by atoms with Crippen molar-refractivity contribution in [2.24, 2.45) is 0 Å². The van der Waals surface area contributed by atoms with Crippen LogP contribution in [0.25, 0.3) is 60.2 Å². The van der Waals surface area contributed by atoms with Crippen molar-refractivity contribution in [3.05, 3.63) is 126 Å². The zero-order chi connectivity index (χ0) is 22.6. The van der Waals surface area contributed by atoms with Crippen LogP contribution < -0.4 is 0 Å². The van der Waals surface area contributed by atoms with Crippen molar-refractivity contribution in [3.63, 3.8) is 0 Å². The SMILES string of the molecule is Clc1cccc(-c2ccc3c4c5ccccc5c5ccccc5c4n(-c4ccccc4)c3c2)c1. The quantitative estimate of drug-likeness (QED) is 0.230. The molecule has 0 amide bonds. The molecule has 6 aromatic carbocycles. The van der Waals surface area contributed by atoms with Gasteiger partial charge in [0, 0.05) is 26.9 Å². The molecule has 0 bridgehead atoms. The van der Waals surface area contributed by atoms with Crippen LogP contribution in [0, 0.1) is 0 Å². The van der Waals surface area contributed by atoms with Gasteiger partial charge in [-0.15, -0.1) is 0 Å². The Hall–Kier alpha value is -4.07. The summed E-state index contributed by atoms with van der Waals surface area (Å²) in [6.45, 7) is 0. The fourth-order valence-electron chi connectivity index (χ4n) is 5.37. The first-order chi connectivity index (χ1) is 16.8. The summed E-state index contributed by atoms with van der Waals surface area (Å²) in [4.78, 5) is 0. The third kappa shape index (κ3) is 2.81. The molecule has 0 saturated carbocycles. The van der Waals surface area contributed by atoms with E-state index in [9.17, 15) is 0 Å². The minimum absolute atomic E-state index is 0.748. The zero-order valence-corrected chi connectivity index (χ0v) is 19.1. The van der Waals surface area contributed by atoms with Crippen molar-refractivity contribution in [1.29, 1.82) is 0 Å². The van der Waals surface area contributed by atoms with E-state index in [0.29, 0.717) is 0 Å². The van der Waals surface area contributed by atoms with Gasteiger partial charge >= 0.3 is 0 Å². The topological polar surface area (TPSA) is 4.93 Å². The number of nitrogens with zero attached hydrogens (tertiary/aromatic N) is 1. The molecule has 1 nitrogen and oxygen atoms in total. The number of halogens is 1. The van der Waals surface area contributed by atoms with Crippen LogP contribution in [0.1, 0.15) is 0 Å². The van der Waals surface area contributed by atoms with Crippen molar-refractivity contribution in [3.8, 4) is 16.8 Å². The molecule has 0 aliphatic carbocycles. The second kappa shape index (κ2) is 7.48. The van der Waals surface area contributed by atoms with Crippen LogP contribution in [-0.4, -0.2) is 4.57 Å². The summed E-state index contributed by atoms with van der Waals surface area (Å²) < 4.78 is 2.42. The number of hydrogen-bond acceptors (Lipinski definition) is 0. The van der Waals surface area contributed by atoms with Gasteiger partial charge in [-0.1, -0.05) is 103 Å². The van der Waals surface area contributed by atoms with Crippen LogP contribution >= 0.6 is 11.6 Å². The van der Waals surface area contributed by atoms with E-state index < -0.39 is 0 Å². The van der Waals surface area contributed by atoms with Crippen molar-refractivity contribution in [2.45, 2.75) is 0 Å². The normalized spacial score (nSPS) is 11.7. The number of aromatic nitrogens is 1. The summed E-state index contributed by atoms with van der Waals surface area (Å²) in [6.07, 6.45) is 0. The molecule has 0 spiro atoms. The lowest BCUT2D eigenvalue weighted by Gasteiger charge is -2.12. The molecular weight excluding hydrogens is 434 g/mol. The van der Waals surface area contributed by atoms with Crippen molar-refractivity contribution < 1.29 is 0 Å². The highest BCUT2D eigenvalue weighted by Gasteiger charge is 2.19. The lowest BCUT2D eigenvalue weighted by Crippen LogP contribution is -1.94. The molecule has 0 atom stereocenters. The third-order valence-corrected chi connectivity index (χ3v) is 7.04. The molecule has 34 heavy (non-hydrogen) atoms. The summed E-state index contributed by atoms with van der Waals surface area (Å²) in [5.74, 6) is 0. The van der Waals surface area contributed by atoms with Crippen LogP contribution in [0.3, 0.4) is 0 Å². The first kappa shape index (κ1) is 19.4. The lowest BCUT2D eigenvalue weighted by molar-refractivity contribution is 1.19. The van der Waals surface area contributed by atoms with Gasteiger partial charge < -0.3 is 4.57 Å². The Morgan fingerprint density at radius 2 is 1.12 bits per heavy atom. The van der Waals surface area contributed by atoms with E-state index in [1.807, 2.05) is 18.2 Å². The maximum Gasteiger partial charge on any atom is 0.0625 e. The second-order valence-corrected chi connectivity index (χ2v) is 9.16. The predicted octanol–water partition coefficient (Wildman–Crippen LogP) is 9.41. The number of fused-ring (bicyclic) bond motifs is 8. The maximum absolute atomic E-state index is 6.33. The van der Waals surface area contributed by atoms with Crippen molar-refractivity contribution in [1.82, 2.24) is 4.57 Å². The first-order valence-corrected chi connectivity index (χ1v) is 11.9. The molecule has 2 heteroatoms. The highest BCUT2D eigenvalue weighted by molar-refractivity contribution is 6.32. The van der Waals surface area contributed by atoms with Crippen LogP contribution in [0.5, 0.6) is 0 Å². The third-order valence-electron chi connectivity index (χ3n) is 6.81.